The van der Waals surface area contributed by atoms with Crippen LogP contribution in [0, 0.1) is 5.82 Å². The molecule has 4 rings (SSSR count). The number of para-hydroxylation sites is 1. The molecule has 1 aromatic heterocycles. The van der Waals surface area contributed by atoms with E-state index in [1.54, 1.807) is 24.3 Å². The molecule has 0 radical (unpaired) electrons. The van der Waals surface area contributed by atoms with Crippen LogP contribution in [0.25, 0.3) is 0 Å². The van der Waals surface area contributed by atoms with Crippen LogP contribution in [0.3, 0.4) is 0 Å². The Balaban J connectivity index is 1.71. The second-order valence-electron chi connectivity index (χ2n) is 7.51. The van der Waals surface area contributed by atoms with Crippen LogP contribution in [-0.2, 0) is 22.6 Å². The number of anilines is 1. The summed E-state index contributed by atoms with van der Waals surface area (Å²) in [5, 5.41) is 4.87. The van der Waals surface area contributed by atoms with E-state index < -0.39 is 11.9 Å². The molecule has 0 aliphatic carbocycles. The maximum atomic E-state index is 13.7. The molecule has 0 saturated heterocycles. The number of amides is 2. The molecular weight excluding hydrogens is 435 g/mol. The Bertz CT molecular complexity index is 1180. The molecule has 1 heterocycles. The number of benzene rings is 3. The number of hydrogen-bond donors (Lipinski definition) is 1. The normalized spacial score (nSPS) is 11.5. The van der Waals surface area contributed by atoms with Crippen LogP contribution in [0.5, 0.6) is 0 Å². The standard InChI is InChI=1S/C27H23FN2O2S/c28-22-15-13-21(14-16-22)26(27(32)29-19-20-8-3-1-4-9-20)30(23-10-5-2-6-11-23)25(31)18-24-12-7-17-33-24/h1-17,26H,18-19H2,(H,29,32). The van der Waals surface area contributed by atoms with Gasteiger partial charge in [0, 0.05) is 17.1 Å². The Labute approximate surface area is 196 Å². The monoisotopic (exact) mass is 458 g/mol. The van der Waals surface area contributed by atoms with Crippen molar-refractivity contribution in [3.05, 3.63) is 124 Å². The third kappa shape index (κ3) is 5.73. The minimum Gasteiger partial charge on any atom is -0.350 e. The van der Waals surface area contributed by atoms with Gasteiger partial charge in [-0.15, -0.1) is 11.3 Å². The molecule has 1 N–H and O–H groups in total. The fraction of sp³-hybridized carbons (Fsp3) is 0.111. The molecule has 2 amide bonds. The zero-order valence-electron chi connectivity index (χ0n) is 17.9. The minimum atomic E-state index is -0.954. The van der Waals surface area contributed by atoms with Gasteiger partial charge < -0.3 is 5.32 Å². The number of nitrogens with zero attached hydrogens (tertiary/aromatic N) is 1. The first kappa shape index (κ1) is 22.4. The van der Waals surface area contributed by atoms with Gasteiger partial charge in [-0.2, -0.15) is 0 Å². The molecule has 33 heavy (non-hydrogen) atoms. The summed E-state index contributed by atoms with van der Waals surface area (Å²) in [7, 11) is 0. The Morgan fingerprint density at radius 1 is 0.848 bits per heavy atom. The van der Waals surface area contributed by atoms with E-state index in [1.807, 2.05) is 66.0 Å². The summed E-state index contributed by atoms with van der Waals surface area (Å²) >= 11 is 1.49. The minimum absolute atomic E-state index is 0.163. The lowest BCUT2D eigenvalue weighted by molar-refractivity contribution is -0.126. The summed E-state index contributed by atoms with van der Waals surface area (Å²) in [6, 6.07) is 27.2. The zero-order valence-corrected chi connectivity index (χ0v) is 18.7. The molecule has 0 fully saturated rings. The molecule has 4 nitrogen and oxygen atoms in total. The first-order valence-electron chi connectivity index (χ1n) is 10.6. The molecule has 6 heteroatoms. The predicted molar refractivity (Wildman–Crippen MR) is 129 cm³/mol. The van der Waals surface area contributed by atoms with E-state index in [2.05, 4.69) is 5.32 Å². The fourth-order valence-electron chi connectivity index (χ4n) is 3.62. The molecule has 0 saturated carbocycles. The molecule has 4 aromatic rings. The number of nitrogens with one attached hydrogen (secondary N) is 1. The van der Waals surface area contributed by atoms with E-state index in [9.17, 15) is 14.0 Å². The third-order valence-corrected chi connectivity index (χ3v) is 6.09. The molecule has 0 aliphatic rings. The second-order valence-corrected chi connectivity index (χ2v) is 8.55. The Morgan fingerprint density at radius 3 is 2.15 bits per heavy atom. The maximum absolute atomic E-state index is 13.7. The van der Waals surface area contributed by atoms with E-state index in [-0.39, 0.29) is 18.2 Å². The van der Waals surface area contributed by atoms with Gasteiger partial charge in [-0.05, 0) is 46.8 Å². The molecule has 0 aliphatic heterocycles. The SMILES string of the molecule is O=C(NCc1ccccc1)C(c1ccc(F)cc1)N(C(=O)Cc1cccs1)c1ccccc1. The largest absolute Gasteiger partial charge is 0.350 e. The summed E-state index contributed by atoms with van der Waals surface area (Å²) in [6.07, 6.45) is 0.163. The fourth-order valence-corrected chi connectivity index (χ4v) is 4.31. The van der Waals surface area contributed by atoms with Crippen molar-refractivity contribution in [1.82, 2.24) is 5.32 Å². The van der Waals surface area contributed by atoms with Gasteiger partial charge in [-0.25, -0.2) is 4.39 Å². The zero-order chi connectivity index (χ0) is 23.0. The van der Waals surface area contributed by atoms with Gasteiger partial charge in [-0.3, -0.25) is 14.5 Å². The van der Waals surface area contributed by atoms with Gasteiger partial charge in [0.1, 0.15) is 11.9 Å². The van der Waals surface area contributed by atoms with E-state index >= 15 is 0 Å². The lowest BCUT2D eigenvalue weighted by Gasteiger charge is -2.31. The summed E-state index contributed by atoms with van der Waals surface area (Å²) < 4.78 is 13.7. The van der Waals surface area contributed by atoms with Gasteiger partial charge in [-0.1, -0.05) is 66.7 Å². The van der Waals surface area contributed by atoms with Gasteiger partial charge >= 0.3 is 0 Å². The van der Waals surface area contributed by atoms with Crippen molar-refractivity contribution in [1.29, 1.82) is 0 Å². The molecule has 0 spiro atoms. The lowest BCUT2D eigenvalue weighted by atomic mass is 10.0. The van der Waals surface area contributed by atoms with Crippen molar-refractivity contribution in [3.8, 4) is 0 Å². The van der Waals surface area contributed by atoms with Crippen LogP contribution in [0.2, 0.25) is 0 Å². The van der Waals surface area contributed by atoms with Crippen LogP contribution in [0.1, 0.15) is 22.0 Å². The Kier molecular flexibility index (Phi) is 7.27. The summed E-state index contributed by atoms with van der Waals surface area (Å²) in [5.41, 5.74) is 2.08. The van der Waals surface area contributed by atoms with E-state index in [1.165, 1.54) is 28.4 Å². The van der Waals surface area contributed by atoms with Crippen LogP contribution < -0.4 is 10.2 Å². The Hall–Kier alpha value is -3.77. The number of carbonyl (C=O) groups excluding carboxylic acids is 2. The number of carbonyl (C=O) groups is 2. The molecule has 3 aromatic carbocycles. The Morgan fingerprint density at radius 2 is 1.52 bits per heavy atom. The summed E-state index contributed by atoms with van der Waals surface area (Å²) in [6.45, 7) is 0.319. The van der Waals surface area contributed by atoms with E-state index in [0.717, 1.165) is 10.4 Å². The highest BCUT2D eigenvalue weighted by Gasteiger charge is 2.32. The average molecular weight is 459 g/mol. The van der Waals surface area contributed by atoms with Crippen LogP contribution >= 0.6 is 11.3 Å². The van der Waals surface area contributed by atoms with Gasteiger partial charge in [0.15, 0.2) is 0 Å². The van der Waals surface area contributed by atoms with Crippen molar-refractivity contribution >= 4 is 28.8 Å². The van der Waals surface area contributed by atoms with Crippen molar-refractivity contribution in [2.75, 3.05) is 4.90 Å². The summed E-state index contributed by atoms with van der Waals surface area (Å²) in [4.78, 5) is 29.5. The van der Waals surface area contributed by atoms with Crippen molar-refractivity contribution < 1.29 is 14.0 Å². The van der Waals surface area contributed by atoms with Gasteiger partial charge in [0.25, 0.3) is 0 Å². The van der Waals surface area contributed by atoms with Crippen LogP contribution in [-0.4, -0.2) is 11.8 Å². The predicted octanol–water partition coefficient (Wildman–Crippen LogP) is 5.52. The molecule has 1 unspecified atom stereocenters. The van der Waals surface area contributed by atoms with E-state index in [4.69, 9.17) is 0 Å². The molecule has 1 atom stereocenters. The molecular formula is C27H23FN2O2S. The number of halogens is 1. The first-order valence-corrected chi connectivity index (χ1v) is 11.5. The highest BCUT2D eigenvalue weighted by molar-refractivity contribution is 7.10. The molecule has 166 valence electrons. The van der Waals surface area contributed by atoms with Crippen molar-refractivity contribution in [3.63, 3.8) is 0 Å². The second kappa shape index (κ2) is 10.7. The average Bonchev–Trinajstić information content (AvgIpc) is 3.36. The quantitative estimate of drug-likeness (QED) is 0.378. The van der Waals surface area contributed by atoms with Crippen molar-refractivity contribution in [2.45, 2.75) is 19.0 Å². The van der Waals surface area contributed by atoms with Crippen LogP contribution in [0.4, 0.5) is 10.1 Å². The number of thiophene rings is 1. The molecule has 0 bridgehead atoms. The smallest absolute Gasteiger partial charge is 0.248 e. The first-order chi connectivity index (χ1) is 16.1. The third-order valence-electron chi connectivity index (χ3n) is 5.21. The lowest BCUT2D eigenvalue weighted by Crippen LogP contribution is -2.44. The van der Waals surface area contributed by atoms with Crippen LogP contribution in [0.15, 0.2) is 102 Å². The highest BCUT2D eigenvalue weighted by atomic mass is 32.1. The van der Waals surface area contributed by atoms with Gasteiger partial charge in [0.05, 0.1) is 6.42 Å². The number of rotatable bonds is 8. The van der Waals surface area contributed by atoms with Crippen molar-refractivity contribution in [2.24, 2.45) is 0 Å². The summed E-state index contributed by atoms with van der Waals surface area (Å²) in [5.74, 6) is -0.958. The van der Waals surface area contributed by atoms with E-state index in [0.29, 0.717) is 17.8 Å². The van der Waals surface area contributed by atoms with Gasteiger partial charge in [0.2, 0.25) is 11.8 Å². The number of hydrogen-bond acceptors (Lipinski definition) is 3. The highest BCUT2D eigenvalue weighted by Crippen LogP contribution is 2.29. The maximum Gasteiger partial charge on any atom is 0.248 e. The topological polar surface area (TPSA) is 49.4 Å².